The summed E-state index contributed by atoms with van der Waals surface area (Å²) in [5.74, 6) is -2.19. The quantitative estimate of drug-likeness (QED) is 0.595. The average Bonchev–Trinajstić information content (AvgIpc) is 3.38. The summed E-state index contributed by atoms with van der Waals surface area (Å²) in [5, 5.41) is 9.44. The largest absolute Gasteiger partial charge is 0.479 e. The van der Waals surface area contributed by atoms with E-state index in [1.54, 1.807) is 49.4 Å². The lowest BCUT2D eigenvalue weighted by atomic mass is 10.0. The summed E-state index contributed by atoms with van der Waals surface area (Å²) in [6, 6.07) is 14.0. The third kappa shape index (κ3) is 3.22. The van der Waals surface area contributed by atoms with Crippen LogP contribution in [0.5, 0.6) is 0 Å². The standard InChI is InChI=1S/C19H18O7S/c1-12-8-10-15(11-9-12)27(23,24)19(17(26-19)18(21)22)16(25-13(2)20)14-6-4-3-5-7-14/h3-11,16-17H,1-2H3,(H,21,22)/t16-,17+,19+/m1/s1. The molecular weight excluding hydrogens is 372 g/mol. The van der Waals surface area contributed by atoms with Gasteiger partial charge in [-0.1, -0.05) is 48.0 Å². The predicted molar refractivity (Wildman–Crippen MR) is 94.6 cm³/mol. The van der Waals surface area contributed by atoms with Crippen LogP contribution in [0.15, 0.2) is 59.5 Å². The minimum Gasteiger partial charge on any atom is -0.479 e. The third-order valence-corrected chi connectivity index (χ3v) is 6.59. The van der Waals surface area contributed by atoms with Gasteiger partial charge in [-0.3, -0.25) is 4.79 Å². The molecule has 7 nitrogen and oxygen atoms in total. The van der Waals surface area contributed by atoms with E-state index in [1.165, 1.54) is 12.1 Å². The molecule has 1 aliphatic heterocycles. The van der Waals surface area contributed by atoms with Crippen LogP contribution < -0.4 is 0 Å². The fourth-order valence-electron chi connectivity index (χ4n) is 3.00. The second-order valence-corrected chi connectivity index (χ2v) is 8.39. The Hall–Kier alpha value is -2.71. The minimum atomic E-state index is -4.31. The molecular formula is C19H18O7S. The Balaban J connectivity index is 2.18. The summed E-state index contributed by atoms with van der Waals surface area (Å²) < 4.78 is 37.3. The van der Waals surface area contributed by atoms with E-state index < -0.39 is 38.9 Å². The molecule has 142 valence electrons. The molecule has 1 aliphatic rings. The van der Waals surface area contributed by atoms with Crippen LogP contribution in [0.3, 0.4) is 0 Å². The molecule has 2 aromatic rings. The van der Waals surface area contributed by atoms with Gasteiger partial charge in [0.1, 0.15) is 0 Å². The summed E-state index contributed by atoms with van der Waals surface area (Å²) >= 11 is 0. The van der Waals surface area contributed by atoms with Crippen LogP contribution in [0.25, 0.3) is 0 Å². The van der Waals surface area contributed by atoms with Gasteiger partial charge in [0.2, 0.25) is 15.9 Å². The van der Waals surface area contributed by atoms with Gasteiger partial charge in [0.15, 0.2) is 6.10 Å². The molecule has 1 saturated heterocycles. The van der Waals surface area contributed by atoms with Crippen LogP contribution in [0.1, 0.15) is 24.2 Å². The topological polar surface area (TPSA) is 110 Å². The molecule has 3 rings (SSSR count). The van der Waals surface area contributed by atoms with E-state index >= 15 is 0 Å². The van der Waals surface area contributed by atoms with E-state index in [1.807, 2.05) is 0 Å². The highest BCUT2D eigenvalue weighted by Crippen LogP contribution is 2.55. The van der Waals surface area contributed by atoms with Crippen molar-refractivity contribution < 1.29 is 32.6 Å². The predicted octanol–water partition coefficient (Wildman–Crippen LogP) is 2.25. The number of esters is 1. The summed E-state index contributed by atoms with van der Waals surface area (Å²) in [7, 11) is -4.31. The van der Waals surface area contributed by atoms with Gasteiger partial charge >= 0.3 is 11.9 Å². The van der Waals surface area contributed by atoms with E-state index in [0.29, 0.717) is 5.56 Å². The SMILES string of the molecule is CC(=O)O[C@H](c1ccccc1)[C@@]1(S(=O)(=O)c2ccc(C)cc2)O[C@H]1C(=O)O. The maximum Gasteiger partial charge on any atom is 0.337 e. The lowest BCUT2D eigenvalue weighted by Crippen LogP contribution is -2.39. The van der Waals surface area contributed by atoms with Gasteiger partial charge in [-0.25, -0.2) is 13.2 Å². The second kappa shape index (κ2) is 6.79. The number of ether oxygens (including phenoxy) is 2. The molecule has 0 saturated carbocycles. The molecule has 0 bridgehead atoms. The van der Waals surface area contributed by atoms with Crippen LogP contribution in [0.2, 0.25) is 0 Å². The molecule has 0 radical (unpaired) electrons. The molecule has 0 amide bonds. The molecule has 27 heavy (non-hydrogen) atoms. The average molecular weight is 390 g/mol. The highest BCUT2D eigenvalue weighted by molar-refractivity contribution is 7.93. The molecule has 8 heteroatoms. The molecule has 1 heterocycles. The first kappa shape index (κ1) is 19.1. The van der Waals surface area contributed by atoms with E-state index in [2.05, 4.69) is 0 Å². The molecule has 1 N–H and O–H groups in total. The molecule has 3 atom stereocenters. The lowest BCUT2D eigenvalue weighted by molar-refractivity contribution is -0.149. The van der Waals surface area contributed by atoms with Crippen LogP contribution in [0, 0.1) is 6.92 Å². The Bertz CT molecular complexity index is 967. The number of epoxide rings is 1. The number of carboxylic acid groups (broad SMARTS) is 1. The van der Waals surface area contributed by atoms with Crippen molar-refractivity contribution in [2.45, 2.75) is 35.9 Å². The molecule has 2 aromatic carbocycles. The molecule has 0 unspecified atom stereocenters. The lowest BCUT2D eigenvalue weighted by Gasteiger charge is -2.24. The number of carboxylic acids is 1. The van der Waals surface area contributed by atoms with E-state index in [9.17, 15) is 23.1 Å². The van der Waals surface area contributed by atoms with Crippen molar-refractivity contribution in [2.24, 2.45) is 0 Å². The number of carbonyl (C=O) groups excluding carboxylic acids is 1. The Morgan fingerprint density at radius 3 is 2.19 bits per heavy atom. The zero-order valence-electron chi connectivity index (χ0n) is 14.7. The van der Waals surface area contributed by atoms with Crippen molar-refractivity contribution >= 4 is 21.8 Å². The van der Waals surface area contributed by atoms with Gasteiger partial charge in [0.25, 0.3) is 4.93 Å². The molecule has 0 aromatic heterocycles. The number of aliphatic carboxylic acids is 1. The molecule has 0 spiro atoms. The van der Waals surface area contributed by atoms with Crippen molar-refractivity contribution in [3.63, 3.8) is 0 Å². The summed E-state index contributed by atoms with van der Waals surface area (Å²) in [4.78, 5) is 20.9. The first-order valence-electron chi connectivity index (χ1n) is 8.14. The monoisotopic (exact) mass is 390 g/mol. The number of carbonyl (C=O) groups is 2. The third-order valence-electron chi connectivity index (χ3n) is 4.34. The van der Waals surface area contributed by atoms with Crippen LogP contribution in [-0.2, 0) is 28.9 Å². The number of hydrogen-bond acceptors (Lipinski definition) is 6. The first-order valence-corrected chi connectivity index (χ1v) is 9.62. The van der Waals surface area contributed by atoms with Gasteiger partial charge in [0, 0.05) is 6.92 Å². The normalized spacial score (nSPS) is 22.7. The van der Waals surface area contributed by atoms with Gasteiger partial charge < -0.3 is 14.6 Å². The van der Waals surface area contributed by atoms with E-state index in [-0.39, 0.29) is 4.90 Å². The fourth-order valence-corrected chi connectivity index (χ4v) is 4.93. The van der Waals surface area contributed by atoms with Crippen LogP contribution >= 0.6 is 0 Å². The Kier molecular flexibility index (Phi) is 4.79. The van der Waals surface area contributed by atoms with Crippen LogP contribution in [-0.4, -0.2) is 36.5 Å². The minimum absolute atomic E-state index is 0.107. The van der Waals surface area contributed by atoms with Crippen molar-refractivity contribution in [3.8, 4) is 0 Å². The van der Waals surface area contributed by atoms with Crippen molar-refractivity contribution in [1.29, 1.82) is 0 Å². The summed E-state index contributed by atoms with van der Waals surface area (Å²) in [5.41, 5.74) is 1.17. The molecule has 0 aliphatic carbocycles. The molecule has 1 fully saturated rings. The van der Waals surface area contributed by atoms with Crippen LogP contribution in [0.4, 0.5) is 0 Å². The first-order chi connectivity index (χ1) is 12.7. The Labute approximate surface area is 156 Å². The maximum atomic E-state index is 13.4. The van der Waals surface area contributed by atoms with Gasteiger partial charge in [-0.2, -0.15) is 0 Å². The zero-order valence-corrected chi connectivity index (χ0v) is 15.5. The number of aryl methyl sites for hydroxylation is 1. The van der Waals surface area contributed by atoms with Crippen molar-refractivity contribution in [1.82, 2.24) is 0 Å². The number of hydrogen-bond donors (Lipinski definition) is 1. The Morgan fingerprint density at radius 1 is 1.11 bits per heavy atom. The van der Waals surface area contributed by atoms with E-state index in [0.717, 1.165) is 12.5 Å². The number of rotatable bonds is 6. The summed E-state index contributed by atoms with van der Waals surface area (Å²) in [6.07, 6.45) is -3.09. The fraction of sp³-hybridized carbons (Fsp3) is 0.263. The second-order valence-electron chi connectivity index (χ2n) is 6.27. The highest BCUT2D eigenvalue weighted by atomic mass is 32.2. The van der Waals surface area contributed by atoms with Crippen molar-refractivity contribution in [3.05, 3.63) is 65.7 Å². The smallest absolute Gasteiger partial charge is 0.337 e. The number of benzene rings is 2. The van der Waals surface area contributed by atoms with Gasteiger partial charge in [0.05, 0.1) is 4.90 Å². The van der Waals surface area contributed by atoms with Crippen molar-refractivity contribution in [2.75, 3.05) is 0 Å². The van der Waals surface area contributed by atoms with E-state index in [4.69, 9.17) is 9.47 Å². The Morgan fingerprint density at radius 2 is 1.70 bits per heavy atom. The van der Waals surface area contributed by atoms with Gasteiger partial charge in [-0.05, 0) is 24.6 Å². The van der Waals surface area contributed by atoms with Gasteiger partial charge in [-0.15, -0.1) is 0 Å². The maximum absolute atomic E-state index is 13.4. The summed E-state index contributed by atoms with van der Waals surface area (Å²) in [6.45, 7) is 2.92. The number of sulfone groups is 1. The highest BCUT2D eigenvalue weighted by Gasteiger charge is 2.76. The zero-order chi connectivity index (χ0) is 19.8.